The number of benzene rings is 2. The van der Waals surface area contributed by atoms with E-state index in [2.05, 4.69) is 0 Å². The molecule has 5 heteroatoms. The Kier molecular flexibility index (Phi) is 6.83. The molecule has 25 heavy (non-hydrogen) atoms. The zero-order chi connectivity index (χ0) is 18.2. The minimum absolute atomic E-state index is 0.00229. The van der Waals surface area contributed by atoms with E-state index in [4.69, 9.17) is 9.47 Å². The summed E-state index contributed by atoms with van der Waals surface area (Å²) in [7, 11) is 4.96. The van der Waals surface area contributed by atoms with Crippen LogP contribution < -0.4 is 9.47 Å². The molecule has 2 aromatic carbocycles. The summed E-state index contributed by atoms with van der Waals surface area (Å²) in [6.45, 7) is 0.552. The molecular weight excluding hydrogens is 318 g/mol. The smallest absolute Gasteiger partial charge is 0.253 e. The lowest BCUT2D eigenvalue weighted by Gasteiger charge is -2.25. The number of hydrogen-bond donors (Lipinski definition) is 1. The first-order valence-corrected chi connectivity index (χ1v) is 8.24. The van der Waals surface area contributed by atoms with E-state index >= 15 is 0 Å². The summed E-state index contributed by atoms with van der Waals surface area (Å²) >= 11 is 0. The van der Waals surface area contributed by atoms with Crippen LogP contribution in [-0.4, -0.2) is 50.3 Å². The Labute approximate surface area is 148 Å². The molecule has 2 aromatic rings. The lowest BCUT2D eigenvalue weighted by atomic mass is 9.94. The molecule has 0 saturated carbocycles. The van der Waals surface area contributed by atoms with Gasteiger partial charge in [-0.05, 0) is 36.2 Å². The van der Waals surface area contributed by atoms with Crippen LogP contribution in [0.15, 0.2) is 48.5 Å². The predicted octanol–water partition coefficient (Wildman–Crippen LogP) is 2.94. The molecule has 0 bridgehead atoms. The molecule has 0 saturated heterocycles. The highest BCUT2D eigenvalue weighted by atomic mass is 16.5. The molecule has 2 rings (SSSR count). The Morgan fingerprint density at radius 2 is 1.76 bits per heavy atom. The molecule has 134 valence electrons. The molecule has 1 unspecified atom stereocenters. The molecule has 0 aliphatic rings. The minimum Gasteiger partial charge on any atom is -0.493 e. The average molecular weight is 343 g/mol. The molecule has 1 N–H and O–H groups in total. The van der Waals surface area contributed by atoms with Crippen LogP contribution >= 0.6 is 0 Å². The summed E-state index contributed by atoms with van der Waals surface area (Å²) in [5.74, 6) is 1.26. The van der Waals surface area contributed by atoms with Gasteiger partial charge in [-0.25, -0.2) is 0 Å². The highest BCUT2D eigenvalue weighted by molar-refractivity contribution is 5.94. The second-order valence-electron chi connectivity index (χ2n) is 5.88. The van der Waals surface area contributed by atoms with Gasteiger partial charge >= 0.3 is 0 Å². The third-order valence-corrected chi connectivity index (χ3v) is 4.22. The standard InChI is InChI=1S/C20H25NO4/c1-21(20(23)15-7-5-4-6-8-15)14-17(11-12-22)16-9-10-18(24-2)19(13-16)25-3/h4-10,13,17,22H,11-12,14H2,1-3H3. The molecule has 0 aliphatic carbocycles. The first kappa shape index (κ1) is 18.8. The molecule has 5 nitrogen and oxygen atoms in total. The monoisotopic (exact) mass is 343 g/mol. The highest BCUT2D eigenvalue weighted by Gasteiger charge is 2.19. The van der Waals surface area contributed by atoms with Crippen molar-refractivity contribution in [1.29, 1.82) is 0 Å². The van der Waals surface area contributed by atoms with Crippen LogP contribution in [0.5, 0.6) is 11.5 Å². The van der Waals surface area contributed by atoms with Gasteiger partial charge in [0.15, 0.2) is 11.5 Å². The highest BCUT2D eigenvalue weighted by Crippen LogP contribution is 2.32. The van der Waals surface area contributed by atoms with E-state index in [1.54, 1.807) is 38.3 Å². The molecule has 1 atom stereocenters. The van der Waals surface area contributed by atoms with Gasteiger partial charge < -0.3 is 19.5 Å². The van der Waals surface area contributed by atoms with Gasteiger partial charge in [-0.2, -0.15) is 0 Å². The SMILES string of the molecule is COc1ccc(C(CCO)CN(C)C(=O)c2ccccc2)cc1OC. The van der Waals surface area contributed by atoms with Gasteiger partial charge in [0.05, 0.1) is 14.2 Å². The lowest BCUT2D eigenvalue weighted by molar-refractivity contribution is 0.0781. The van der Waals surface area contributed by atoms with Gasteiger partial charge in [0, 0.05) is 31.7 Å². The molecule has 0 aliphatic heterocycles. The van der Waals surface area contributed by atoms with Crippen molar-refractivity contribution in [1.82, 2.24) is 4.90 Å². The van der Waals surface area contributed by atoms with E-state index < -0.39 is 0 Å². The molecule has 0 radical (unpaired) electrons. The maximum absolute atomic E-state index is 12.6. The Hall–Kier alpha value is -2.53. The quantitative estimate of drug-likeness (QED) is 0.801. The molecule has 1 amide bonds. The van der Waals surface area contributed by atoms with Crippen LogP contribution in [0.2, 0.25) is 0 Å². The molecule has 0 aromatic heterocycles. The van der Waals surface area contributed by atoms with E-state index in [0.717, 1.165) is 5.56 Å². The number of rotatable bonds is 8. The maximum atomic E-state index is 12.6. The van der Waals surface area contributed by atoms with Crippen molar-refractivity contribution in [2.45, 2.75) is 12.3 Å². The summed E-state index contributed by atoms with van der Waals surface area (Å²) < 4.78 is 10.6. The van der Waals surface area contributed by atoms with E-state index in [1.165, 1.54) is 0 Å². The van der Waals surface area contributed by atoms with Crippen molar-refractivity contribution in [3.05, 3.63) is 59.7 Å². The summed E-state index contributed by atoms with van der Waals surface area (Å²) in [5, 5.41) is 9.43. The van der Waals surface area contributed by atoms with E-state index in [1.807, 2.05) is 36.4 Å². The fraction of sp³-hybridized carbons (Fsp3) is 0.350. The summed E-state index contributed by atoms with van der Waals surface area (Å²) in [6.07, 6.45) is 0.557. The second kappa shape index (κ2) is 9.08. The summed E-state index contributed by atoms with van der Waals surface area (Å²) in [5.41, 5.74) is 1.65. The molecule has 0 heterocycles. The van der Waals surface area contributed by atoms with E-state index in [0.29, 0.717) is 30.0 Å². The van der Waals surface area contributed by atoms with Gasteiger partial charge in [-0.15, -0.1) is 0 Å². The van der Waals surface area contributed by atoms with Crippen LogP contribution in [0, 0.1) is 0 Å². The minimum atomic E-state index is -0.0379. The number of carbonyl (C=O) groups excluding carboxylic acids is 1. The number of ether oxygens (including phenoxy) is 2. The van der Waals surface area contributed by atoms with Gasteiger partial charge in [-0.3, -0.25) is 4.79 Å². The normalized spacial score (nSPS) is 11.7. The number of hydrogen-bond acceptors (Lipinski definition) is 4. The van der Waals surface area contributed by atoms with E-state index in [9.17, 15) is 9.90 Å². The first-order chi connectivity index (χ1) is 12.1. The predicted molar refractivity (Wildman–Crippen MR) is 97.4 cm³/mol. The van der Waals surface area contributed by atoms with Crippen LogP contribution in [0.4, 0.5) is 0 Å². The summed E-state index contributed by atoms with van der Waals surface area (Å²) in [4.78, 5) is 14.2. The Morgan fingerprint density at radius 1 is 1.08 bits per heavy atom. The average Bonchev–Trinajstić information content (AvgIpc) is 2.67. The number of carbonyl (C=O) groups is 1. The summed E-state index contributed by atoms with van der Waals surface area (Å²) in [6, 6.07) is 14.9. The number of likely N-dealkylation sites (N-methyl/N-ethyl adjacent to an activating group) is 1. The van der Waals surface area contributed by atoms with Crippen molar-refractivity contribution < 1.29 is 19.4 Å². The Bertz CT molecular complexity index is 687. The van der Waals surface area contributed by atoms with Gasteiger partial charge in [0.2, 0.25) is 0 Å². The largest absolute Gasteiger partial charge is 0.493 e. The zero-order valence-corrected chi connectivity index (χ0v) is 14.9. The Balaban J connectivity index is 2.19. The third-order valence-electron chi connectivity index (χ3n) is 4.22. The molecule has 0 spiro atoms. The number of amides is 1. The number of nitrogens with zero attached hydrogens (tertiary/aromatic N) is 1. The first-order valence-electron chi connectivity index (χ1n) is 8.24. The molecular formula is C20H25NO4. The topological polar surface area (TPSA) is 59.0 Å². The van der Waals surface area contributed by atoms with Crippen molar-refractivity contribution in [3.8, 4) is 11.5 Å². The number of methoxy groups -OCH3 is 2. The van der Waals surface area contributed by atoms with E-state index in [-0.39, 0.29) is 18.4 Å². The Morgan fingerprint density at radius 3 is 2.36 bits per heavy atom. The van der Waals surface area contributed by atoms with Crippen molar-refractivity contribution in [2.24, 2.45) is 0 Å². The van der Waals surface area contributed by atoms with Crippen molar-refractivity contribution in [3.63, 3.8) is 0 Å². The lowest BCUT2D eigenvalue weighted by Crippen LogP contribution is -2.31. The van der Waals surface area contributed by atoms with Gasteiger partial charge in [0.1, 0.15) is 0 Å². The van der Waals surface area contributed by atoms with Crippen LogP contribution in [-0.2, 0) is 0 Å². The van der Waals surface area contributed by atoms with Crippen LogP contribution in [0.1, 0.15) is 28.3 Å². The van der Waals surface area contributed by atoms with Gasteiger partial charge in [0.25, 0.3) is 5.91 Å². The fourth-order valence-electron chi connectivity index (χ4n) is 2.84. The van der Waals surface area contributed by atoms with Crippen molar-refractivity contribution in [2.75, 3.05) is 34.4 Å². The maximum Gasteiger partial charge on any atom is 0.253 e. The van der Waals surface area contributed by atoms with Gasteiger partial charge in [-0.1, -0.05) is 24.3 Å². The number of aliphatic hydroxyl groups excluding tert-OH is 1. The number of aliphatic hydroxyl groups is 1. The fourth-order valence-corrected chi connectivity index (χ4v) is 2.84. The molecule has 0 fully saturated rings. The van der Waals surface area contributed by atoms with Crippen molar-refractivity contribution >= 4 is 5.91 Å². The van der Waals surface area contributed by atoms with Crippen LogP contribution in [0.3, 0.4) is 0 Å². The zero-order valence-electron chi connectivity index (χ0n) is 14.9. The van der Waals surface area contributed by atoms with Crippen LogP contribution in [0.25, 0.3) is 0 Å². The third kappa shape index (κ3) is 4.73. The second-order valence-corrected chi connectivity index (χ2v) is 5.88.